The fourth-order valence-corrected chi connectivity index (χ4v) is 3.16. The van der Waals surface area contributed by atoms with Gasteiger partial charge < -0.3 is 10.1 Å². The number of benzene rings is 1. The first-order valence-corrected chi connectivity index (χ1v) is 8.04. The van der Waals surface area contributed by atoms with Gasteiger partial charge in [0.15, 0.2) is 0 Å². The topological polar surface area (TPSA) is 82.6 Å². The normalized spacial score (nSPS) is 22.0. The second-order valence-electron chi connectivity index (χ2n) is 6.00. The van der Waals surface area contributed by atoms with Crippen LogP contribution in [0.3, 0.4) is 0 Å². The molecule has 0 bridgehead atoms. The highest BCUT2D eigenvalue weighted by Gasteiger charge is 2.25. The molecule has 120 valence electrons. The van der Waals surface area contributed by atoms with Gasteiger partial charge in [0.1, 0.15) is 5.75 Å². The molecule has 1 atom stereocenters. The summed E-state index contributed by atoms with van der Waals surface area (Å²) in [4.78, 5) is 11.4. The van der Waals surface area contributed by atoms with Crippen molar-refractivity contribution >= 4 is 11.6 Å². The minimum atomic E-state index is -0.527. The van der Waals surface area contributed by atoms with Crippen LogP contribution in [0, 0.1) is 0 Å². The molecule has 0 aromatic heterocycles. The van der Waals surface area contributed by atoms with E-state index < -0.39 is 5.91 Å². The van der Waals surface area contributed by atoms with E-state index in [0.29, 0.717) is 11.6 Å². The zero-order valence-electron chi connectivity index (χ0n) is 12.6. The monoisotopic (exact) mass is 305 g/mol. The first-order valence-electron chi connectivity index (χ1n) is 8.04. The molecule has 6 nitrogen and oxygen atoms in total. The smallest absolute Gasteiger partial charge is 0.274 e. The molecule has 1 aliphatic heterocycles. The van der Waals surface area contributed by atoms with Crippen LogP contribution in [-0.2, 0) is 0 Å². The minimum absolute atomic E-state index is 0.258. The number of rotatable bonds is 3. The molecule has 1 aromatic carbocycles. The van der Waals surface area contributed by atoms with E-state index in [1.165, 1.54) is 44.9 Å². The zero-order chi connectivity index (χ0) is 15.4. The third-order valence-electron chi connectivity index (χ3n) is 4.37. The number of fused-ring (bicyclic) bond motifs is 1. The lowest BCUT2D eigenvalue weighted by Crippen LogP contribution is -2.44. The first kappa shape index (κ1) is 15.1. The number of nitrogens with one attached hydrogen (secondary N) is 3. The number of hydrogen-bond donors (Lipinski definition) is 4. The van der Waals surface area contributed by atoms with Crippen molar-refractivity contribution in [3.05, 3.63) is 23.8 Å². The van der Waals surface area contributed by atoms with Crippen LogP contribution in [0.2, 0.25) is 0 Å². The molecular weight excluding hydrogens is 282 g/mol. The van der Waals surface area contributed by atoms with E-state index in [2.05, 4.69) is 10.6 Å². The van der Waals surface area contributed by atoms with Crippen LogP contribution in [0.4, 0.5) is 5.69 Å². The summed E-state index contributed by atoms with van der Waals surface area (Å²) in [7, 11) is 0. The van der Waals surface area contributed by atoms with Gasteiger partial charge in [-0.3, -0.25) is 15.3 Å². The molecule has 1 fully saturated rings. The molecule has 6 heteroatoms. The number of anilines is 1. The van der Waals surface area contributed by atoms with Gasteiger partial charge in [-0.05, 0) is 31.0 Å². The quantitative estimate of drug-likeness (QED) is 0.510. The standard InChI is InChI=1S/C16H23N3O3/c20-15(19-21)11-8-9-14-13(10-11)18-16(22-14)17-12-6-4-2-1-3-5-7-12/h8-10,12,16-18,21H,1-7H2,(H,19,20). The van der Waals surface area contributed by atoms with Crippen molar-refractivity contribution in [2.24, 2.45) is 0 Å². The Labute approximate surface area is 130 Å². The Morgan fingerprint density at radius 3 is 2.64 bits per heavy atom. The van der Waals surface area contributed by atoms with Gasteiger partial charge in [-0.25, -0.2) is 5.48 Å². The third kappa shape index (κ3) is 3.51. The summed E-state index contributed by atoms with van der Waals surface area (Å²) in [5.74, 6) is 0.193. The van der Waals surface area contributed by atoms with Crippen molar-refractivity contribution in [1.82, 2.24) is 10.8 Å². The highest BCUT2D eigenvalue weighted by Crippen LogP contribution is 2.32. The molecule has 0 radical (unpaired) electrons. The second kappa shape index (κ2) is 6.98. The fourth-order valence-electron chi connectivity index (χ4n) is 3.16. The number of ether oxygens (including phenoxy) is 1. The number of amides is 1. The Hall–Kier alpha value is -1.79. The van der Waals surface area contributed by atoms with Crippen molar-refractivity contribution in [2.75, 3.05) is 5.32 Å². The molecule has 22 heavy (non-hydrogen) atoms. The lowest BCUT2D eigenvalue weighted by atomic mass is 9.97. The van der Waals surface area contributed by atoms with E-state index in [1.54, 1.807) is 23.7 Å². The molecule has 1 heterocycles. The number of hydroxylamine groups is 1. The molecule has 2 aliphatic rings. The molecule has 4 N–H and O–H groups in total. The SMILES string of the molecule is O=C(NO)c1ccc2c(c1)NC(NC1CCCCCCC1)O2. The van der Waals surface area contributed by atoms with E-state index >= 15 is 0 Å². The van der Waals surface area contributed by atoms with E-state index in [0.717, 1.165) is 11.4 Å². The van der Waals surface area contributed by atoms with Gasteiger partial charge in [0.2, 0.25) is 6.35 Å². The maximum Gasteiger partial charge on any atom is 0.274 e. The molecule has 1 aliphatic carbocycles. The second-order valence-corrected chi connectivity index (χ2v) is 6.00. The molecule has 0 saturated heterocycles. The molecule has 1 unspecified atom stereocenters. The van der Waals surface area contributed by atoms with Gasteiger partial charge >= 0.3 is 0 Å². The summed E-state index contributed by atoms with van der Waals surface area (Å²) < 4.78 is 5.83. The minimum Gasteiger partial charge on any atom is -0.455 e. The molecule has 3 rings (SSSR count). The summed E-state index contributed by atoms with van der Waals surface area (Å²) in [6.45, 7) is 0. The van der Waals surface area contributed by atoms with Crippen molar-refractivity contribution in [3.63, 3.8) is 0 Å². The van der Waals surface area contributed by atoms with Crippen LogP contribution in [0.1, 0.15) is 55.3 Å². The van der Waals surface area contributed by atoms with Crippen LogP contribution in [0.5, 0.6) is 5.75 Å². The summed E-state index contributed by atoms with van der Waals surface area (Å²) >= 11 is 0. The number of carbonyl (C=O) groups excluding carboxylic acids is 1. The van der Waals surface area contributed by atoms with Crippen molar-refractivity contribution in [3.8, 4) is 5.75 Å². The Bertz CT molecular complexity index is 527. The molecule has 1 amide bonds. The van der Waals surface area contributed by atoms with Gasteiger partial charge in [-0.1, -0.05) is 32.1 Å². The largest absolute Gasteiger partial charge is 0.455 e. The van der Waals surface area contributed by atoms with Crippen LogP contribution in [-0.4, -0.2) is 23.5 Å². The van der Waals surface area contributed by atoms with E-state index in [-0.39, 0.29) is 6.35 Å². The van der Waals surface area contributed by atoms with E-state index in [1.807, 2.05) is 0 Å². The number of hydrogen-bond acceptors (Lipinski definition) is 5. The molecular formula is C16H23N3O3. The van der Waals surface area contributed by atoms with Gasteiger partial charge in [0.05, 0.1) is 5.69 Å². The Morgan fingerprint density at radius 1 is 1.18 bits per heavy atom. The summed E-state index contributed by atoms with van der Waals surface area (Å²) in [5, 5.41) is 15.4. The van der Waals surface area contributed by atoms with Crippen molar-refractivity contribution < 1.29 is 14.7 Å². The summed E-state index contributed by atoms with van der Waals surface area (Å²) in [6.07, 6.45) is 8.61. The molecule has 1 aromatic rings. The molecule has 1 saturated carbocycles. The van der Waals surface area contributed by atoms with Crippen LogP contribution in [0.15, 0.2) is 18.2 Å². The van der Waals surface area contributed by atoms with E-state index in [4.69, 9.17) is 9.94 Å². The lowest BCUT2D eigenvalue weighted by Gasteiger charge is -2.24. The highest BCUT2D eigenvalue weighted by atomic mass is 16.5. The highest BCUT2D eigenvalue weighted by molar-refractivity contribution is 5.94. The van der Waals surface area contributed by atoms with Crippen molar-refractivity contribution in [1.29, 1.82) is 0 Å². The lowest BCUT2D eigenvalue weighted by molar-refractivity contribution is 0.0706. The predicted molar refractivity (Wildman–Crippen MR) is 83.0 cm³/mol. The van der Waals surface area contributed by atoms with E-state index in [9.17, 15) is 4.79 Å². The average molecular weight is 305 g/mol. The van der Waals surface area contributed by atoms with Gasteiger partial charge in [0.25, 0.3) is 5.91 Å². The average Bonchev–Trinajstić information content (AvgIpc) is 2.90. The van der Waals surface area contributed by atoms with Crippen LogP contribution in [0.25, 0.3) is 0 Å². The third-order valence-corrected chi connectivity index (χ3v) is 4.37. The molecule has 0 spiro atoms. The zero-order valence-corrected chi connectivity index (χ0v) is 12.6. The van der Waals surface area contributed by atoms with Crippen LogP contribution >= 0.6 is 0 Å². The van der Waals surface area contributed by atoms with Gasteiger partial charge in [-0.2, -0.15) is 0 Å². The summed E-state index contributed by atoms with van der Waals surface area (Å²) in [5.41, 5.74) is 2.80. The maximum atomic E-state index is 11.4. The first-order chi connectivity index (χ1) is 10.8. The Balaban J connectivity index is 1.60. The maximum absolute atomic E-state index is 11.4. The fraction of sp³-hybridized carbons (Fsp3) is 0.562. The number of carbonyl (C=O) groups is 1. The Kier molecular flexibility index (Phi) is 4.80. The van der Waals surface area contributed by atoms with Gasteiger partial charge in [0, 0.05) is 11.6 Å². The Morgan fingerprint density at radius 2 is 1.91 bits per heavy atom. The summed E-state index contributed by atoms with van der Waals surface area (Å²) in [6, 6.07) is 5.52. The van der Waals surface area contributed by atoms with Crippen molar-refractivity contribution in [2.45, 2.75) is 57.3 Å². The predicted octanol–water partition coefficient (Wildman–Crippen LogP) is 2.60. The van der Waals surface area contributed by atoms with Gasteiger partial charge in [-0.15, -0.1) is 0 Å². The van der Waals surface area contributed by atoms with Crippen LogP contribution < -0.4 is 20.9 Å².